The summed E-state index contributed by atoms with van der Waals surface area (Å²) in [5.41, 5.74) is 2.37. The molecule has 1 aliphatic carbocycles. The van der Waals surface area contributed by atoms with E-state index in [4.69, 9.17) is 4.42 Å². The number of rotatable bonds is 7. The zero-order valence-electron chi connectivity index (χ0n) is 19.8. The van der Waals surface area contributed by atoms with E-state index in [9.17, 15) is 19.2 Å². The third-order valence-corrected chi connectivity index (χ3v) is 6.81. The standard InChI is InChI=1S/C26H27FN4O5/c1-14(32)28-13-22(33)31-11-3-6-21(31)25(34)30-23(16-9-10-17(15-7-8-15)19(27)12-16)18-4-2-5-20-24(18)36-26(35)29-20/h2,4-5,9-10,12,15,21,23H,3,6-8,11,13H2,1H3,(H,28,32)(H,29,35)(H,30,34)/t21-,23?/m0/s1. The summed E-state index contributed by atoms with van der Waals surface area (Å²) in [7, 11) is 0. The maximum absolute atomic E-state index is 15.0. The molecule has 36 heavy (non-hydrogen) atoms. The van der Waals surface area contributed by atoms with Crippen molar-refractivity contribution in [1.29, 1.82) is 0 Å². The summed E-state index contributed by atoms with van der Waals surface area (Å²) in [5.74, 6) is -1.84. The average Bonchev–Trinajstić information content (AvgIpc) is 3.42. The first-order valence-electron chi connectivity index (χ1n) is 12.1. The fraction of sp³-hybridized carbons (Fsp3) is 0.385. The van der Waals surface area contributed by atoms with Crippen LogP contribution in [-0.4, -0.2) is 46.7 Å². The molecule has 1 unspecified atom stereocenters. The molecule has 1 saturated carbocycles. The molecule has 1 aromatic heterocycles. The van der Waals surface area contributed by atoms with Crippen molar-refractivity contribution in [3.63, 3.8) is 0 Å². The summed E-state index contributed by atoms with van der Waals surface area (Å²) in [5, 5.41) is 5.44. The number of hydrogen-bond acceptors (Lipinski definition) is 5. The highest BCUT2D eigenvalue weighted by Gasteiger charge is 2.36. The number of aromatic nitrogens is 1. The van der Waals surface area contributed by atoms with Crippen molar-refractivity contribution in [2.45, 2.75) is 50.6 Å². The van der Waals surface area contributed by atoms with Crippen LogP contribution in [0.15, 0.2) is 45.6 Å². The molecular weight excluding hydrogens is 467 g/mol. The van der Waals surface area contributed by atoms with Crippen molar-refractivity contribution < 1.29 is 23.2 Å². The number of H-pyrrole nitrogens is 1. The highest BCUT2D eigenvalue weighted by Crippen LogP contribution is 2.42. The Kier molecular flexibility index (Phi) is 6.34. The zero-order chi connectivity index (χ0) is 25.4. The summed E-state index contributed by atoms with van der Waals surface area (Å²) >= 11 is 0. The number of hydrogen-bond donors (Lipinski definition) is 3. The minimum absolute atomic E-state index is 0.190. The van der Waals surface area contributed by atoms with Crippen LogP contribution in [0.25, 0.3) is 11.1 Å². The minimum Gasteiger partial charge on any atom is -0.407 e. The van der Waals surface area contributed by atoms with Gasteiger partial charge in [-0.05, 0) is 54.9 Å². The number of oxazole rings is 1. The van der Waals surface area contributed by atoms with Crippen LogP contribution in [0.1, 0.15) is 61.3 Å². The number of nitrogens with one attached hydrogen (secondary N) is 3. The number of carbonyl (C=O) groups is 3. The van der Waals surface area contributed by atoms with Crippen LogP contribution < -0.4 is 16.4 Å². The Balaban J connectivity index is 1.47. The summed E-state index contributed by atoms with van der Waals surface area (Å²) < 4.78 is 20.4. The van der Waals surface area contributed by atoms with E-state index in [1.807, 2.05) is 0 Å². The lowest BCUT2D eigenvalue weighted by Gasteiger charge is -2.27. The van der Waals surface area contributed by atoms with Crippen LogP contribution in [0.3, 0.4) is 0 Å². The van der Waals surface area contributed by atoms with E-state index in [0.29, 0.717) is 41.6 Å². The largest absolute Gasteiger partial charge is 0.417 e. The summed E-state index contributed by atoms with van der Waals surface area (Å²) in [4.78, 5) is 53.3. The van der Waals surface area contributed by atoms with E-state index in [1.165, 1.54) is 17.9 Å². The SMILES string of the molecule is CC(=O)NCC(=O)N1CCC[C@H]1C(=O)NC(c1ccc(C2CC2)c(F)c1)c1cccc2[nH]c(=O)oc12. The van der Waals surface area contributed by atoms with E-state index >= 15 is 4.39 Å². The Morgan fingerprint density at radius 3 is 2.72 bits per heavy atom. The number of likely N-dealkylation sites (tertiary alicyclic amines) is 1. The number of benzene rings is 2. The van der Waals surface area contributed by atoms with E-state index in [2.05, 4.69) is 15.6 Å². The summed E-state index contributed by atoms with van der Waals surface area (Å²) in [6.07, 6.45) is 3.01. The first-order chi connectivity index (χ1) is 17.3. The molecule has 5 rings (SSSR count). The molecule has 10 heteroatoms. The maximum atomic E-state index is 15.0. The first kappa shape index (κ1) is 23.8. The second-order valence-electron chi connectivity index (χ2n) is 9.39. The quantitative estimate of drug-likeness (QED) is 0.466. The van der Waals surface area contributed by atoms with Crippen molar-refractivity contribution in [2.24, 2.45) is 0 Å². The normalized spacial score (nSPS) is 18.3. The molecule has 1 aliphatic heterocycles. The smallest absolute Gasteiger partial charge is 0.407 e. The number of fused-ring (bicyclic) bond motifs is 1. The van der Waals surface area contributed by atoms with Gasteiger partial charge in [0.15, 0.2) is 5.58 Å². The van der Waals surface area contributed by atoms with Crippen LogP contribution >= 0.6 is 0 Å². The van der Waals surface area contributed by atoms with E-state index in [1.54, 1.807) is 30.3 Å². The predicted molar refractivity (Wildman–Crippen MR) is 129 cm³/mol. The molecule has 0 spiro atoms. The Labute approximate surface area is 206 Å². The number of nitrogens with zero attached hydrogens (tertiary/aromatic N) is 1. The number of aromatic amines is 1. The van der Waals surface area contributed by atoms with Crippen LogP contribution in [0, 0.1) is 5.82 Å². The van der Waals surface area contributed by atoms with Gasteiger partial charge in [0, 0.05) is 19.0 Å². The Bertz CT molecular complexity index is 1390. The van der Waals surface area contributed by atoms with Crippen LogP contribution in [-0.2, 0) is 14.4 Å². The van der Waals surface area contributed by atoms with Gasteiger partial charge < -0.3 is 20.0 Å². The molecule has 2 aliphatic rings. The fourth-order valence-electron chi connectivity index (χ4n) is 4.89. The van der Waals surface area contributed by atoms with Crippen molar-refractivity contribution in [2.75, 3.05) is 13.1 Å². The molecule has 3 amide bonds. The predicted octanol–water partition coefficient (Wildman–Crippen LogP) is 2.47. The Morgan fingerprint density at radius 1 is 1.19 bits per heavy atom. The number of amides is 3. The number of halogens is 1. The molecule has 2 heterocycles. The van der Waals surface area contributed by atoms with E-state index < -0.39 is 23.7 Å². The zero-order valence-corrected chi connectivity index (χ0v) is 19.8. The molecule has 3 aromatic rings. The average molecular weight is 495 g/mol. The van der Waals surface area contributed by atoms with Gasteiger partial charge in [0.1, 0.15) is 11.9 Å². The molecule has 0 radical (unpaired) electrons. The maximum Gasteiger partial charge on any atom is 0.417 e. The van der Waals surface area contributed by atoms with Gasteiger partial charge in [-0.25, -0.2) is 9.18 Å². The van der Waals surface area contributed by atoms with Gasteiger partial charge in [0.05, 0.1) is 18.1 Å². The van der Waals surface area contributed by atoms with Gasteiger partial charge in [-0.1, -0.05) is 24.3 Å². The van der Waals surface area contributed by atoms with E-state index in [-0.39, 0.29) is 35.7 Å². The molecular formula is C26H27FN4O5. The Morgan fingerprint density at radius 2 is 2.00 bits per heavy atom. The lowest BCUT2D eigenvalue weighted by Crippen LogP contribution is -2.49. The van der Waals surface area contributed by atoms with Gasteiger partial charge >= 0.3 is 5.76 Å². The third kappa shape index (κ3) is 4.75. The molecule has 3 N–H and O–H groups in total. The first-order valence-corrected chi connectivity index (χ1v) is 12.1. The highest BCUT2D eigenvalue weighted by molar-refractivity contribution is 5.91. The topological polar surface area (TPSA) is 125 Å². The van der Waals surface area contributed by atoms with Crippen molar-refractivity contribution in [1.82, 2.24) is 20.5 Å². The monoisotopic (exact) mass is 494 g/mol. The molecule has 2 fully saturated rings. The van der Waals surface area contributed by atoms with Crippen LogP contribution in [0.5, 0.6) is 0 Å². The van der Waals surface area contributed by atoms with Crippen molar-refractivity contribution in [3.8, 4) is 0 Å². The molecule has 2 atom stereocenters. The number of carbonyl (C=O) groups excluding carboxylic acids is 3. The second kappa shape index (κ2) is 9.60. The molecule has 9 nitrogen and oxygen atoms in total. The summed E-state index contributed by atoms with van der Waals surface area (Å²) in [6.45, 7) is 1.53. The van der Waals surface area contributed by atoms with Gasteiger partial charge in [0.25, 0.3) is 0 Å². The van der Waals surface area contributed by atoms with Crippen LogP contribution in [0.4, 0.5) is 4.39 Å². The molecule has 0 bridgehead atoms. The van der Waals surface area contributed by atoms with Crippen molar-refractivity contribution >= 4 is 28.8 Å². The number of para-hydroxylation sites is 1. The van der Waals surface area contributed by atoms with Gasteiger partial charge in [-0.2, -0.15) is 0 Å². The van der Waals surface area contributed by atoms with Gasteiger partial charge in [-0.3, -0.25) is 19.4 Å². The van der Waals surface area contributed by atoms with E-state index in [0.717, 1.165) is 12.8 Å². The lowest BCUT2D eigenvalue weighted by atomic mass is 9.95. The van der Waals surface area contributed by atoms with Crippen LogP contribution in [0.2, 0.25) is 0 Å². The molecule has 2 aromatic carbocycles. The van der Waals surface area contributed by atoms with Gasteiger partial charge in [0.2, 0.25) is 17.7 Å². The molecule has 1 saturated heterocycles. The fourth-order valence-corrected chi connectivity index (χ4v) is 4.89. The lowest BCUT2D eigenvalue weighted by molar-refractivity contribution is -0.138. The Hall–Kier alpha value is -3.95. The van der Waals surface area contributed by atoms with Crippen molar-refractivity contribution in [3.05, 3.63) is 69.5 Å². The second-order valence-corrected chi connectivity index (χ2v) is 9.39. The summed E-state index contributed by atoms with van der Waals surface area (Å²) in [6, 6.07) is 8.49. The highest BCUT2D eigenvalue weighted by atomic mass is 19.1. The molecule has 188 valence electrons. The third-order valence-electron chi connectivity index (χ3n) is 6.81. The van der Waals surface area contributed by atoms with Gasteiger partial charge in [-0.15, -0.1) is 0 Å². The minimum atomic E-state index is -0.823.